The molecule has 0 saturated carbocycles. The first-order valence-electron chi connectivity index (χ1n) is 5.16. The molecule has 0 saturated heterocycles. The van der Waals surface area contributed by atoms with Crippen molar-refractivity contribution in [3.63, 3.8) is 0 Å². The number of hydrazine groups is 1. The lowest BCUT2D eigenvalue weighted by Gasteiger charge is -2.19. The molecule has 6 nitrogen and oxygen atoms in total. The number of hydrogen-bond acceptors (Lipinski definition) is 6. The maximum absolute atomic E-state index is 8.87. The lowest BCUT2D eigenvalue weighted by Crippen LogP contribution is -2.29. The molecule has 16 heavy (non-hydrogen) atoms. The predicted octanol–water partition coefficient (Wildman–Crippen LogP) is -0.846. The Morgan fingerprint density at radius 3 is 2.50 bits per heavy atom. The van der Waals surface area contributed by atoms with Crippen LogP contribution in [0.1, 0.15) is 5.69 Å². The highest BCUT2D eigenvalue weighted by Crippen LogP contribution is 2.06. The second-order valence-corrected chi connectivity index (χ2v) is 3.38. The Labute approximate surface area is 94.7 Å². The fraction of sp³-hybridized carbons (Fsp3) is 0.500. The van der Waals surface area contributed by atoms with Crippen molar-refractivity contribution in [2.75, 3.05) is 31.7 Å². The fourth-order valence-corrected chi connectivity index (χ4v) is 1.43. The predicted molar refractivity (Wildman–Crippen MR) is 61.5 cm³/mol. The van der Waals surface area contributed by atoms with Gasteiger partial charge < -0.3 is 15.6 Å². The number of aliphatic hydroxyl groups is 2. The highest BCUT2D eigenvalue weighted by atomic mass is 16.3. The van der Waals surface area contributed by atoms with E-state index < -0.39 is 0 Å². The molecule has 1 rings (SSSR count). The molecule has 0 amide bonds. The van der Waals surface area contributed by atoms with Crippen LogP contribution in [0.5, 0.6) is 0 Å². The quantitative estimate of drug-likeness (QED) is 0.357. The summed E-state index contributed by atoms with van der Waals surface area (Å²) >= 11 is 0. The van der Waals surface area contributed by atoms with E-state index in [1.165, 1.54) is 0 Å². The Morgan fingerprint density at radius 1 is 1.25 bits per heavy atom. The molecule has 0 radical (unpaired) electrons. The molecule has 5 N–H and O–H groups in total. The van der Waals surface area contributed by atoms with E-state index in [9.17, 15) is 0 Å². The van der Waals surface area contributed by atoms with Gasteiger partial charge in [0.2, 0.25) is 0 Å². The minimum Gasteiger partial charge on any atom is -0.395 e. The van der Waals surface area contributed by atoms with Gasteiger partial charge in [-0.15, -0.1) is 0 Å². The molecule has 1 heterocycles. The average molecular weight is 226 g/mol. The summed E-state index contributed by atoms with van der Waals surface area (Å²) in [7, 11) is 0. The van der Waals surface area contributed by atoms with Crippen molar-refractivity contribution >= 4 is 5.82 Å². The zero-order valence-corrected chi connectivity index (χ0v) is 9.13. The van der Waals surface area contributed by atoms with E-state index in [4.69, 9.17) is 16.1 Å². The largest absolute Gasteiger partial charge is 0.395 e. The summed E-state index contributed by atoms with van der Waals surface area (Å²) in [6.45, 7) is 1.74. The molecule has 90 valence electrons. The second-order valence-electron chi connectivity index (χ2n) is 3.38. The van der Waals surface area contributed by atoms with Crippen LogP contribution < -0.4 is 11.3 Å². The van der Waals surface area contributed by atoms with E-state index in [1.54, 1.807) is 6.07 Å². The minimum absolute atomic E-state index is 0.0643. The lowest BCUT2D eigenvalue weighted by atomic mass is 10.3. The Morgan fingerprint density at radius 2 is 1.94 bits per heavy atom. The van der Waals surface area contributed by atoms with Gasteiger partial charge >= 0.3 is 0 Å². The van der Waals surface area contributed by atoms with Gasteiger partial charge in [0.05, 0.1) is 18.9 Å². The average Bonchev–Trinajstić information content (AvgIpc) is 2.30. The van der Waals surface area contributed by atoms with Crippen LogP contribution in [-0.2, 0) is 6.54 Å². The minimum atomic E-state index is 0.0643. The SMILES string of the molecule is NNc1cccc(CN(CCO)CCO)n1. The number of hydrogen-bond donors (Lipinski definition) is 4. The van der Waals surface area contributed by atoms with E-state index in [2.05, 4.69) is 10.4 Å². The lowest BCUT2D eigenvalue weighted by molar-refractivity contribution is 0.155. The first kappa shape index (κ1) is 12.9. The Kier molecular flexibility index (Phi) is 5.73. The summed E-state index contributed by atoms with van der Waals surface area (Å²) < 4.78 is 0. The van der Waals surface area contributed by atoms with Crippen LogP contribution in [0.25, 0.3) is 0 Å². The first-order chi connectivity index (χ1) is 7.80. The van der Waals surface area contributed by atoms with Gasteiger partial charge in [0.15, 0.2) is 0 Å². The smallest absolute Gasteiger partial charge is 0.140 e. The highest BCUT2D eigenvalue weighted by Gasteiger charge is 2.05. The van der Waals surface area contributed by atoms with Crippen molar-refractivity contribution in [2.24, 2.45) is 5.84 Å². The van der Waals surface area contributed by atoms with Crippen molar-refractivity contribution in [1.82, 2.24) is 9.88 Å². The monoisotopic (exact) mass is 226 g/mol. The molecule has 0 atom stereocenters. The number of anilines is 1. The van der Waals surface area contributed by atoms with E-state index in [1.807, 2.05) is 17.0 Å². The number of nitrogens with one attached hydrogen (secondary N) is 1. The molecular weight excluding hydrogens is 208 g/mol. The van der Waals surface area contributed by atoms with Crippen LogP contribution in [0.4, 0.5) is 5.82 Å². The molecule has 0 aliphatic heterocycles. The van der Waals surface area contributed by atoms with Crippen LogP contribution in [0.15, 0.2) is 18.2 Å². The van der Waals surface area contributed by atoms with Crippen LogP contribution >= 0.6 is 0 Å². The maximum atomic E-state index is 8.87. The van der Waals surface area contributed by atoms with Gasteiger partial charge in [0, 0.05) is 19.6 Å². The van der Waals surface area contributed by atoms with Crippen molar-refractivity contribution in [2.45, 2.75) is 6.54 Å². The van der Waals surface area contributed by atoms with Gasteiger partial charge in [-0.1, -0.05) is 6.07 Å². The molecule has 0 aliphatic rings. The van der Waals surface area contributed by atoms with Crippen LogP contribution in [0, 0.1) is 0 Å². The van der Waals surface area contributed by atoms with Gasteiger partial charge in [0.1, 0.15) is 5.82 Å². The molecule has 0 fully saturated rings. The summed E-state index contributed by atoms with van der Waals surface area (Å²) in [5.74, 6) is 5.86. The zero-order chi connectivity index (χ0) is 11.8. The molecular formula is C10H18N4O2. The Bertz CT molecular complexity index is 303. The summed E-state index contributed by atoms with van der Waals surface area (Å²) in [6.07, 6.45) is 0. The molecule has 0 aromatic carbocycles. The molecule has 0 unspecified atom stereocenters. The van der Waals surface area contributed by atoms with Crippen molar-refractivity contribution < 1.29 is 10.2 Å². The topological polar surface area (TPSA) is 94.6 Å². The van der Waals surface area contributed by atoms with Gasteiger partial charge in [-0.2, -0.15) is 0 Å². The van der Waals surface area contributed by atoms with Crippen molar-refractivity contribution in [3.8, 4) is 0 Å². The number of nitrogens with two attached hydrogens (primary N) is 1. The Hall–Kier alpha value is -1.21. The molecule has 6 heteroatoms. The first-order valence-corrected chi connectivity index (χ1v) is 5.16. The van der Waals surface area contributed by atoms with E-state index in [0.29, 0.717) is 25.5 Å². The fourth-order valence-electron chi connectivity index (χ4n) is 1.43. The van der Waals surface area contributed by atoms with Gasteiger partial charge in [-0.05, 0) is 12.1 Å². The van der Waals surface area contributed by atoms with Crippen molar-refractivity contribution in [1.29, 1.82) is 0 Å². The summed E-state index contributed by atoms with van der Waals surface area (Å²) in [6, 6.07) is 5.50. The molecule has 0 spiro atoms. The number of aliphatic hydroxyl groups excluding tert-OH is 2. The van der Waals surface area contributed by atoms with Gasteiger partial charge in [-0.3, -0.25) is 4.90 Å². The summed E-state index contributed by atoms with van der Waals surface area (Å²) in [4.78, 5) is 6.17. The van der Waals surface area contributed by atoms with E-state index in [0.717, 1.165) is 5.69 Å². The third-order valence-corrected chi connectivity index (χ3v) is 2.17. The van der Waals surface area contributed by atoms with Gasteiger partial charge in [-0.25, -0.2) is 10.8 Å². The van der Waals surface area contributed by atoms with E-state index in [-0.39, 0.29) is 13.2 Å². The second kappa shape index (κ2) is 7.13. The van der Waals surface area contributed by atoms with Crippen LogP contribution in [0.2, 0.25) is 0 Å². The Balaban J connectivity index is 2.60. The maximum Gasteiger partial charge on any atom is 0.140 e. The summed E-state index contributed by atoms with van der Waals surface area (Å²) in [5, 5.41) is 17.7. The number of nitrogen functional groups attached to an aromatic ring is 1. The number of pyridine rings is 1. The van der Waals surface area contributed by atoms with E-state index >= 15 is 0 Å². The van der Waals surface area contributed by atoms with Gasteiger partial charge in [0.25, 0.3) is 0 Å². The van der Waals surface area contributed by atoms with Crippen LogP contribution in [-0.4, -0.2) is 46.4 Å². The van der Waals surface area contributed by atoms with Crippen LogP contribution in [0.3, 0.4) is 0 Å². The number of nitrogens with zero attached hydrogens (tertiary/aromatic N) is 2. The molecule has 0 bridgehead atoms. The highest BCUT2D eigenvalue weighted by molar-refractivity contribution is 5.33. The third-order valence-electron chi connectivity index (χ3n) is 2.17. The normalized spacial score (nSPS) is 10.8. The zero-order valence-electron chi connectivity index (χ0n) is 9.13. The standard InChI is InChI=1S/C10H18N4O2/c11-13-10-3-1-2-9(12-10)8-14(4-6-15)5-7-16/h1-3,15-16H,4-8,11H2,(H,12,13). The summed E-state index contributed by atoms with van der Waals surface area (Å²) in [5.41, 5.74) is 3.32. The third kappa shape index (κ3) is 4.11. The molecule has 0 aliphatic carbocycles. The number of aromatic nitrogens is 1. The molecule has 1 aromatic rings. The van der Waals surface area contributed by atoms with Crippen molar-refractivity contribution in [3.05, 3.63) is 23.9 Å². The molecule has 1 aromatic heterocycles. The number of rotatable bonds is 7.